The van der Waals surface area contributed by atoms with Gasteiger partial charge >= 0.3 is 0 Å². The van der Waals surface area contributed by atoms with E-state index in [9.17, 15) is 4.79 Å². The predicted molar refractivity (Wildman–Crippen MR) is 86.7 cm³/mol. The van der Waals surface area contributed by atoms with Crippen molar-refractivity contribution in [2.45, 2.75) is 39.8 Å². The molecule has 0 fully saturated rings. The molecule has 1 aromatic heterocycles. The first-order valence-electron chi connectivity index (χ1n) is 7.51. The molecule has 4 nitrogen and oxygen atoms in total. The lowest BCUT2D eigenvalue weighted by Gasteiger charge is -2.18. The summed E-state index contributed by atoms with van der Waals surface area (Å²) in [4.78, 5) is 16.5. The third kappa shape index (κ3) is 4.32. The molecule has 1 aromatic carbocycles. The summed E-state index contributed by atoms with van der Waals surface area (Å²) in [5.41, 5.74) is 3.05. The normalized spacial score (nSPS) is 11.8. The second-order valence-electron chi connectivity index (χ2n) is 5.32. The molecule has 4 heteroatoms. The first-order chi connectivity index (χ1) is 10.6. The van der Waals surface area contributed by atoms with Crippen LogP contribution in [0.25, 0.3) is 0 Å². The van der Waals surface area contributed by atoms with Crippen molar-refractivity contribution in [2.24, 2.45) is 0 Å². The van der Waals surface area contributed by atoms with Crippen molar-refractivity contribution in [3.05, 3.63) is 59.4 Å². The van der Waals surface area contributed by atoms with Crippen molar-refractivity contribution in [3.63, 3.8) is 0 Å². The average Bonchev–Trinajstić information content (AvgIpc) is 2.53. The zero-order chi connectivity index (χ0) is 15.9. The van der Waals surface area contributed by atoms with E-state index in [0.717, 1.165) is 17.0 Å². The zero-order valence-corrected chi connectivity index (χ0v) is 13.3. The van der Waals surface area contributed by atoms with Crippen LogP contribution in [-0.2, 0) is 11.3 Å². The second kappa shape index (κ2) is 7.59. The lowest BCUT2D eigenvalue weighted by molar-refractivity contribution is -0.128. The molecular weight excluding hydrogens is 276 g/mol. The fourth-order valence-electron chi connectivity index (χ4n) is 2.20. The summed E-state index contributed by atoms with van der Waals surface area (Å²) in [5, 5.41) is 2.87. The monoisotopic (exact) mass is 298 g/mol. The molecule has 0 aliphatic heterocycles. The summed E-state index contributed by atoms with van der Waals surface area (Å²) in [6, 6.07) is 11.6. The molecule has 2 rings (SSSR count). The number of amides is 1. The van der Waals surface area contributed by atoms with Crippen molar-refractivity contribution in [2.75, 3.05) is 0 Å². The van der Waals surface area contributed by atoms with Gasteiger partial charge in [0, 0.05) is 6.20 Å². The van der Waals surface area contributed by atoms with E-state index in [-0.39, 0.29) is 5.91 Å². The van der Waals surface area contributed by atoms with E-state index in [1.807, 2.05) is 57.2 Å². The fraction of sp³-hybridized carbons (Fsp3) is 0.333. The van der Waals surface area contributed by atoms with Gasteiger partial charge in [0.15, 0.2) is 6.10 Å². The Balaban J connectivity index is 1.97. The van der Waals surface area contributed by atoms with Gasteiger partial charge in [0.25, 0.3) is 5.91 Å². The quantitative estimate of drug-likeness (QED) is 0.891. The summed E-state index contributed by atoms with van der Waals surface area (Å²) in [6.07, 6.45) is 1.83. The van der Waals surface area contributed by atoms with Crippen molar-refractivity contribution in [1.82, 2.24) is 10.3 Å². The van der Waals surface area contributed by atoms with Gasteiger partial charge < -0.3 is 10.1 Å². The van der Waals surface area contributed by atoms with E-state index < -0.39 is 6.10 Å². The van der Waals surface area contributed by atoms with Gasteiger partial charge in [0.1, 0.15) is 5.75 Å². The van der Waals surface area contributed by atoms with Crippen LogP contribution in [0.15, 0.2) is 42.6 Å². The number of nitrogens with one attached hydrogen (secondary N) is 1. The van der Waals surface area contributed by atoms with Crippen LogP contribution in [0.4, 0.5) is 0 Å². The number of aromatic nitrogens is 1. The fourth-order valence-corrected chi connectivity index (χ4v) is 2.20. The molecule has 0 bridgehead atoms. The highest BCUT2D eigenvalue weighted by Gasteiger charge is 2.18. The topological polar surface area (TPSA) is 51.2 Å². The van der Waals surface area contributed by atoms with E-state index in [1.54, 1.807) is 6.20 Å². The number of carbonyl (C=O) groups excluding carboxylic acids is 1. The SMILES string of the molecule is CCC(Oc1ccc(C)cc1C)C(=O)NCc1ccccn1. The number of pyridine rings is 1. The van der Waals surface area contributed by atoms with Crippen LogP contribution in [0, 0.1) is 13.8 Å². The van der Waals surface area contributed by atoms with Gasteiger partial charge in [-0.1, -0.05) is 30.7 Å². The van der Waals surface area contributed by atoms with Crippen LogP contribution in [0.2, 0.25) is 0 Å². The third-order valence-corrected chi connectivity index (χ3v) is 3.43. The van der Waals surface area contributed by atoms with Gasteiger partial charge in [-0.3, -0.25) is 9.78 Å². The summed E-state index contributed by atoms with van der Waals surface area (Å²) in [5.74, 6) is 0.638. The molecular formula is C18H22N2O2. The lowest BCUT2D eigenvalue weighted by Crippen LogP contribution is -2.37. The molecule has 0 aliphatic carbocycles. The van der Waals surface area contributed by atoms with E-state index in [1.165, 1.54) is 5.56 Å². The molecule has 1 atom stereocenters. The number of hydrogen-bond acceptors (Lipinski definition) is 3. The standard InChI is InChI=1S/C18H22N2O2/c1-4-16(22-17-9-8-13(2)11-14(17)3)18(21)20-12-15-7-5-6-10-19-15/h5-11,16H,4,12H2,1-3H3,(H,20,21). The first-order valence-corrected chi connectivity index (χ1v) is 7.51. The molecule has 1 unspecified atom stereocenters. The van der Waals surface area contributed by atoms with Crippen LogP contribution >= 0.6 is 0 Å². The molecule has 0 saturated carbocycles. The number of hydrogen-bond donors (Lipinski definition) is 1. The lowest BCUT2D eigenvalue weighted by atomic mass is 10.1. The minimum absolute atomic E-state index is 0.117. The van der Waals surface area contributed by atoms with E-state index >= 15 is 0 Å². The van der Waals surface area contributed by atoms with Crippen LogP contribution < -0.4 is 10.1 Å². The predicted octanol–water partition coefficient (Wildman–Crippen LogP) is 3.17. The maximum absolute atomic E-state index is 12.3. The van der Waals surface area contributed by atoms with Crippen LogP contribution in [0.1, 0.15) is 30.2 Å². The number of carbonyl (C=O) groups is 1. The minimum atomic E-state index is -0.495. The highest BCUT2D eigenvalue weighted by Crippen LogP contribution is 2.20. The second-order valence-corrected chi connectivity index (χ2v) is 5.32. The van der Waals surface area contributed by atoms with Gasteiger partial charge in [0.05, 0.1) is 12.2 Å². The van der Waals surface area contributed by atoms with Crippen molar-refractivity contribution in [3.8, 4) is 5.75 Å². The van der Waals surface area contributed by atoms with Crippen LogP contribution in [-0.4, -0.2) is 17.0 Å². The van der Waals surface area contributed by atoms with Crippen molar-refractivity contribution >= 4 is 5.91 Å². The van der Waals surface area contributed by atoms with Gasteiger partial charge in [-0.2, -0.15) is 0 Å². The zero-order valence-electron chi connectivity index (χ0n) is 13.3. The summed E-state index contributed by atoms with van der Waals surface area (Å²) in [7, 11) is 0. The van der Waals surface area contributed by atoms with Gasteiger partial charge in [-0.05, 0) is 44.0 Å². The highest BCUT2D eigenvalue weighted by molar-refractivity contribution is 5.81. The largest absolute Gasteiger partial charge is 0.480 e. The number of nitrogens with zero attached hydrogens (tertiary/aromatic N) is 1. The summed E-state index contributed by atoms with van der Waals surface area (Å²) < 4.78 is 5.87. The van der Waals surface area contributed by atoms with Crippen molar-refractivity contribution in [1.29, 1.82) is 0 Å². The van der Waals surface area contributed by atoms with Gasteiger partial charge in [-0.15, -0.1) is 0 Å². The molecule has 1 N–H and O–H groups in total. The molecule has 0 aliphatic rings. The molecule has 1 amide bonds. The molecule has 116 valence electrons. The van der Waals surface area contributed by atoms with E-state index in [2.05, 4.69) is 10.3 Å². The molecule has 0 spiro atoms. The van der Waals surface area contributed by atoms with Gasteiger partial charge in [0.2, 0.25) is 0 Å². The summed E-state index contributed by atoms with van der Waals surface area (Å²) in [6.45, 7) is 6.37. The highest BCUT2D eigenvalue weighted by atomic mass is 16.5. The van der Waals surface area contributed by atoms with Gasteiger partial charge in [-0.25, -0.2) is 0 Å². The Bertz CT molecular complexity index is 626. The Labute approximate surface area is 131 Å². The molecule has 0 saturated heterocycles. The third-order valence-electron chi connectivity index (χ3n) is 3.43. The smallest absolute Gasteiger partial charge is 0.261 e. The number of benzene rings is 1. The van der Waals surface area contributed by atoms with E-state index in [0.29, 0.717) is 13.0 Å². The first kappa shape index (κ1) is 16.0. The summed E-state index contributed by atoms with van der Waals surface area (Å²) >= 11 is 0. The number of rotatable bonds is 6. The Morgan fingerprint density at radius 1 is 1.27 bits per heavy atom. The Morgan fingerprint density at radius 2 is 2.09 bits per heavy atom. The number of ether oxygens (including phenoxy) is 1. The Morgan fingerprint density at radius 3 is 2.73 bits per heavy atom. The van der Waals surface area contributed by atoms with Crippen LogP contribution in [0.5, 0.6) is 5.75 Å². The van der Waals surface area contributed by atoms with E-state index in [4.69, 9.17) is 4.74 Å². The maximum Gasteiger partial charge on any atom is 0.261 e. The van der Waals surface area contributed by atoms with Crippen LogP contribution in [0.3, 0.4) is 0 Å². The Hall–Kier alpha value is -2.36. The molecule has 22 heavy (non-hydrogen) atoms. The molecule has 1 heterocycles. The molecule has 2 aromatic rings. The van der Waals surface area contributed by atoms with Crippen molar-refractivity contribution < 1.29 is 9.53 Å². The Kier molecular flexibility index (Phi) is 5.53. The average molecular weight is 298 g/mol. The maximum atomic E-state index is 12.3. The molecule has 0 radical (unpaired) electrons. The number of aryl methyl sites for hydroxylation is 2. The minimum Gasteiger partial charge on any atom is -0.480 e.